The van der Waals surface area contributed by atoms with E-state index in [-0.39, 0.29) is 11.8 Å². The van der Waals surface area contributed by atoms with Crippen molar-refractivity contribution in [2.24, 2.45) is 0 Å². The lowest BCUT2D eigenvalue weighted by molar-refractivity contribution is -0.116. The number of nitrogens with one attached hydrogen (secondary N) is 1. The summed E-state index contributed by atoms with van der Waals surface area (Å²) in [7, 11) is 0. The van der Waals surface area contributed by atoms with Crippen LogP contribution in [0.3, 0.4) is 0 Å². The molecule has 2 aromatic carbocycles. The summed E-state index contributed by atoms with van der Waals surface area (Å²) in [5.41, 5.74) is 2.53. The number of benzene rings is 2. The number of nitrogens with zero attached hydrogens (tertiary/aromatic N) is 1. The van der Waals surface area contributed by atoms with Crippen molar-refractivity contribution in [3.05, 3.63) is 65.7 Å². The number of amides is 2. The zero-order valence-electron chi connectivity index (χ0n) is 15.7. The maximum Gasteiger partial charge on any atom is 0.253 e. The SMILES string of the molecule is CCCN(CCC)C(=O)c1ccc(NC(=O)CCc2ccccc2)cc1. The maximum absolute atomic E-state index is 12.6. The van der Waals surface area contributed by atoms with Gasteiger partial charge in [0.25, 0.3) is 5.91 Å². The second-order valence-electron chi connectivity index (χ2n) is 6.40. The molecule has 0 saturated carbocycles. The van der Waals surface area contributed by atoms with Gasteiger partial charge in [-0.1, -0.05) is 44.2 Å². The molecule has 0 fully saturated rings. The Kier molecular flexibility index (Phi) is 7.87. The van der Waals surface area contributed by atoms with E-state index in [1.165, 1.54) is 0 Å². The molecular weight excluding hydrogens is 324 g/mol. The Morgan fingerprint density at radius 1 is 0.885 bits per heavy atom. The molecule has 0 aliphatic heterocycles. The van der Waals surface area contributed by atoms with Gasteiger partial charge in [0.2, 0.25) is 5.91 Å². The van der Waals surface area contributed by atoms with E-state index in [2.05, 4.69) is 19.2 Å². The summed E-state index contributed by atoms with van der Waals surface area (Å²) in [6.45, 7) is 5.68. The van der Waals surface area contributed by atoms with Crippen molar-refractivity contribution in [3.63, 3.8) is 0 Å². The number of aryl methyl sites for hydroxylation is 1. The topological polar surface area (TPSA) is 49.4 Å². The Bertz CT molecular complexity index is 690. The van der Waals surface area contributed by atoms with Crippen molar-refractivity contribution in [3.8, 4) is 0 Å². The Labute approximate surface area is 156 Å². The van der Waals surface area contributed by atoms with Gasteiger partial charge in [0.15, 0.2) is 0 Å². The molecule has 0 aliphatic rings. The van der Waals surface area contributed by atoms with Crippen LogP contribution in [-0.4, -0.2) is 29.8 Å². The molecule has 0 saturated heterocycles. The number of carbonyl (C=O) groups excluding carboxylic acids is 2. The van der Waals surface area contributed by atoms with Gasteiger partial charge in [-0.05, 0) is 49.1 Å². The van der Waals surface area contributed by atoms with Gasteiger partial charge in [0.1, 0.15) is 0 Å². The van der Waals surface area contributed by atoms with E-state index in [1.807, 2.05) is 35.2 Å². The second-order valence-corrected chi connectivity index (χ2v) is 6.40. The predicted octanol–water partition coefficient (Wildman–Crippen LogP) is 4.52. The summed E-state index contributed by atoms with van der Waals surface area (Å²) in [6, 6.07) is 17.1. The molecule has 0 unspecified atom stereocenters. The quantitative estimate of drug-likeness (QED) is 0.721. The van der Waals surface area contributed by atoms with Crippen LogP contribution >= 0.6 is 0 Å². The van der Waals surface area contributed by atoms with Crippen molar-refractivity contribution >= 4 is 17.5 Å². The summed E-state index contributed by atoms with van der Waals surface area (Å²) in [5, 5.41) is 2.89. The largest absolute Gasteiger partial charge is 0.339 e. The summed E-state index contributed by atoms with van der Waals surface area (Å²) < 4.78 is 0. The van der Waals surface area contributed by atoms with E-state index in [1.54, 1.807) is 24.3 Å². The van der Waals surface area contributed by atoms with Crippen LogP contribution < -0.4 is 5.32 Å². The van der Waals surface area contributed by atoms with E-state index in [9.17, 15) is 9.59 Å². The molecule has 2 amide bonds. The Morgan fingerprint density at radius 3 is 2.08 bits per heavy atom. The van der Waals surface area contributed by atoms with Crippen LogP contribution in [-0.2, 0) is 11.2 Å². The molecule has 0 aliphatic carbocycles. The molecule has 0 atom stereocenters. The molecule has 4 heteroatoms. The summed E-state index contributed by atoms with van der Waals surface area (Å²) in [5.74, 6) is 0.0298. The molecule has 4 nitrogen and oxygen atoms in total. The number of rotatable bonds is 9. The first-order valence-electron chi connectivity index (χ1n) is 9.37. The normalized spacial score (nSPS) is 10.4. The molecule has 2 aromatic rings. The fourth-order valence-corrected chi connectivity index (χ4v) is 2.86. The van der Waals surface area contributed by atoms with Gasteiger partial charge in [0, 0.05) is 30.8 Å². The van der Waals surface area contributed by atoms with Gasteiger partial charge in [-0.3, -0.25) is 9.59 Å². The summed E-state index contributed by atoms with van der Waals surface area (Å²) in [4.78, 5) is 26.5. The van der Waals surface area contributed by atoms with Gasteiger partial charge in [-0.2, -0.15) is 0 Å². The molecule has 0 spiro atoms. The highest BCUT2D eigenvalue weighted by Crippen LogP contribution is 2.13. The minimum absolute atomic E-state index is 0.0217. The fourth-order valence-electron chi connectivity index (χ4n) is 2.86. The Balaban J connectivity index is 1.89. The highest BCUT2D eigenvalue weighted by molar-refractivity contribution is 5.95. The lowest BCUT2D eigenvalue weighted by Crippen LogP contribution is -2.32. The van der Waals surface area contributed by atoms with Crippen molar-refractivity contribution in [1.29, 1.82) is 0 Å². The smallest absolute Gasteiger partial charge is 0.253 e. The van der Waals surface area contributed by atoms with E-state index in [0.717, 1.165) is 37.2 Å². The predicted molar refractivity (Wildman–Crippen MR) is 106 cm³/mol. The molecule has 0 aromatic heterocycles. The number of anilines is 1. The van der Waals surface area contributed by atoms with Crippen LogP contribution in [0, 0.1) is 0 Å². The van der Waals surface area contributed by atoms with E-state index >= 15 is 0 Å². The average Bonchev–Trinajstić information content (AvgIpc) is 2.67. The fraction of sp³-hybridized carbons (Fsp3) is 0.364. The zero-order valence-corrected chi connectivity index (χ0v) is 15.7. The molecule has 26 heavy (non-hydrogen) atoms. The van der Waals surface area contributed by atoms with E-state index in [4.69, 9.17) is 0 Å². The average molecular weight is 352 g/mol. The molecular formula is C22H28N2O2. The lowest BCUT2D eigenvalue weighted by Gasteiger charge is -2.21. The van der Waals surface area contributed by atoms with Crippen LogP contribution in [0.2, 0.25) is 0 Å². The lowest BCUT2D eigenvalue weighted by atomic mass is 10.1. The van der Waals surface area contributed by atoms with Crippen molar-refractivity contribution in [2.75, 3.05) is 18.4 Å². The first-order valence-corrected chi connectivity index (χ1v) is 9.37. The molecule has 138 valence electrons. The van der Waals surface area contributed by atoms with Gasteiger partial charge in [-0.15, -0.1) is 0 Å². The second kappa shape index (κ2) is 10.4. The van der Waals surface area contributed by atoms with Gasteiger partial charge >= 0.3 is 0 Å². The van der Waals surface area contributed by atoms with Gasteiger partial charge < -0.3 is 10.2 Å². The van der Waals surface area contributed by atoms with E-state index < -0.39 is 0 Å². The summed E-state index contributed by atoms with van der Waals surface area (Å²) >= 11 is 0. The molecule has 1 N–H and O–H groups in total. The van der Waals surface area contributed by atoms with Crippen LogP contribution in [0.4, 0.5) is 5.69 Å². The van der Waals surface area contributed by atoms with Crippen LogP contribution in [0.15, 0.2) is 54.6 Å². The van der Waals surface area contributed by atoms with Crippen LogP contribution in [0.1, 0.15) is 49.0 Å². The minimum Gasteiger partial charge on any atom is -0.339 e. The van der Waals surface area contributed by atoms with Crippen molar-refractivity contribution in [2.45, 2.75) is 39.5 Å². The first-order chi connectivity index (χ1) is 12.6. The summed E-state index contributed by atoms with van der Waals surface area (Å²) in [6.07, 6.45) is 3.04. The number of carbonyl (C=O) groups is 2. The zero-order chi connectivity index (χ0) is 18.8. The molecule has 2 rings (SSSR count). The van der Waals surface area contributed by atoms with Crippen molar-refractivity contribution < 1.29 is 9.59 Å². The standard InChI is InChI=1S/C22H28N2O2/c1-3-16-24(17-4-2)22(26)19-11-13-20(14-12-19)23-21(25)15-10-18-8-6-5-7-9-18/h5-9,11-14H,3-4,10,15-17H2,1-2H3,(H,23,25). The third kappa shape index (κ3) is 6.03. The molecule has 0 heterocycles. The van der Waals surface area contributed by atoms with Gasteiger partial charge in [-0.25, -0.2) is 0 Å². The first kappa shape index (κ1) is 19.7. The number of hydrogen-bond donors (Lipinski definition) is 1. The minimum atomic E-state index is -0.0217. The third-order valence-corrected chi connectivity index (χ3v) is 4.17. The Morgan fingerprint density at radius 2 is 1.50 bits per heavy atom. The van der Waals surface area contributed by atoms with Crippen LogP contribution in [0.5, 0.6) is 0 Å². The Hall–Kier alpha value is -2.62. The molecule has 0 radical (unpaired) electrons. The maximum atomic E-state index is 12.6. The molecule has 0 bridgehead atoms. The van der Waals surface area contributed by atoms with Crippen LogP contribution in [0.25, 0.3) is 0 Å². The highest BCUT2D eigenvalue weighted by atomic mass is 16.2. The number of hydrogen-bond acceptors (Lipinski definition) is 2. The van der Waals surface area contributed by atoms with Crippen molar-refractivity contribution in [1.82, 2.24) is 4.90 Å². The third-order valence-electron chi connectivity index (χ3n) is 4.17. The highest BCUT2D eigenvalue weighted by Gasteiger charge is 2.14. The van der Waals surface area contributed by atoms with E-state index in [0.29, 0.717) is 18.4 Å². The monoisotopic (exact) mass is 352 g/mol. The van der Waals surface area contributed by atoms with Gasteiger partial charge in [0.05, 0.1) is 0 Å².